The third-order valence-electron chi connectivity index (χ3n) is 7.70. The van der Waals surface area contributed by atoms with E-state index in [0.29, 0.717) is 5.56 Å². The number of hydrogen-bond donors (Lipinski definition) is 0. The van der Waals surface area contributed by atoms with Gasteiger partial charge in [-0.25, -0.2) is 0 Å². The molecule has 0 atom stereocenters. The van der Waals surface area contributed by atoms with E-state index in [4.69, 9.17) is 0 Å². The van der Waals surface area contributed by atoms with Crippen molar-refractivity contribution in [2.24, 2.45) is 0 Å². The number of para-hydroxylation sites is 3. The zero-order valence-corrected chi connectivity index (χ0v) is 20.5. The van der Waals surface area contributed by atoms with E-state index in [0.717, 1.165) is 33.3 Å². The lowest BCUT2D eigenvalue weighted by atomic mass is 9.98. The number of nitriles is 1. The summed E-state index contributed by atoms with van der Waals surface area (Å²) < 4.78 is 4.80. The summed E-state index contributed by atoms with van der Waals surface area (Å²) in [6, 6.07) is 47.1. The predicted octanol–water partition coefficient (Wildman–Crippen LogP) is 8.91. The quantitative estimate of drug-likeness (QED) is 0.226. The molecular formula is C35H21N3. The molecule has 0 unspecified atom stereocenters. The molecule has 0 fully saturated rings. The summed E-state index contributed by atoms with van der Waals surface area (Å²) in [5.74, 6) is 0. The van der Waals surface area contributed by atoms with Crippen molar-refractivity contribution in [3.05, 3.63) is 133 Å². The predicted molar refractivity (Wildman–Crippen MR) is 157 cm³/mol. The minimum atomic E-state index is 0.666. The molecule has 8 aromatic rings. The van der Waals surface area contributed by atoms with E-state index < -0.39 is 0 Å². The molecule has 0 saturated heterocycles. The monoisotopic (exact) mass is 483 g/mol. The van der Waals surface area contributed by atoms with E-state index >= 15 is 0 Å². The van der Waals surface area contributed by atoms with Crippen molar-refractivity contribution in [1.82, 2.24) is 9.13 Å². The van der Waals surface area contributed by atoms with Crippen LogP contribution in [0, 0.1) is 11.3 Å². The van der Waals surface area contributed by atoms with Crippen molar-refractivity contribution in [3.63, 3.8) is 0 Å². The highest BCUT2D eigenvalue weighted by molar-refractivity contribution is 6.23. The lowest BCUT2D eigenvalue weighted by Crippen LogP contribution is -2.02. The van der Waals surface area contributed by atoms with E-state index in [2.05, 4.69) is 130 Å². The number of nitrogens with zero attached hydrogens (tertiary/aromatic N) is 3. The Morgan fingerprint density at radius 2 is 1.11 bits per heavy atom. The number of aromatic nitrogens is 2. The van der Waals surface area contributed by atoms with Crippen molar-refractivity contribution in [2.75, 3.05) is 0 Å². The summed E-state index contributed by atoms with van der Waals surface area (Å²) in [6.07, 6.45) is 0. The first-order chi connectivity index (χ1) is 18.8. The minimum absolute atomic E-state index is 0.666. The smallest absolute Gasteiger partial charge is 0.131 e. The van der Waals surface area contributed by atoms with Gasteiger partial charge in [-0.2, -0.15) is 5.26 Å². The van der Waals surface area contributed by atoms with Gasteiger partial charge in [-0.15, -0.1) is 0 Å². The van der Waals surface area contributed by atoms with Gasteiger partial charge < -0.3 is 0 Å². The Bertz CT molecular complexity index is 2240. The summed E-state index contributed by atoms with van der Waals surface area (Å²) >= 11 is 0. The van der Waals surface area contributed by atoms with Crippen LogP contribution in [0.1, 0.15) is 5.56 Å². The molecule has 0 bridgehead atoms. The summed E-state index contributed by atoms with van der Waals surface area (Å²) in [5, 5.41) is 17.9. The largest absolute Gasteiger partial charge is 0.295 e. The van der Waals surface area contributed by atoms with Crippen molar-refractivity contribution in [3.8, 4) is 17.4 Å². The molecule has 2 aromatic heterocycles. The molecule has 0 aliphatic carbocycles. The molecule has 2 heterocycles. The molecular weight excluding hydrogens is 462 g/mol. The molecule has 38 heavy (non-hydrogen) atoms. The lowest BCUT2D eigenvalue weighted by molar-refractivity contribution is 1.08. The van der Waals surface area contributed by atoms with Crippen LogP contribution in [0.4, 0.5) is 0 Å². The van der Waals surface area contributed by atoms with Crippen LogP contribution in [-0.4, -0.2) is 9.13 Å². The van der Waals surface area contributed by atoms with Crippen molar-refractivity contribution < 1.29 is 0 Å². The summed E-state index contributed by atoms with van der Waals surface area (Å²) in [6.45, 7) is 0. The first-order valence-electron chi connectivity index (χ1n) is 12.8. The SMILES string of the molecule is N#Cc1ccc2c(c1)cc(-n1c3ccccc3c3c4ccccc4n(-c4ccccc4)c31)c1ccccc12. The van der Waals surface area contributed by atoms with Crippen LogP contribution in [-0.2, 0) is 0 Å². The van der Waals surface area contributed by atoms with Crippen LogP contribution in [0.15, 0.2) is 127 Å². The molecule has 0 aliphatic rings. The number of benzene rings is 6. The number of fused-ring (bicyclic) bond motifs is 8. The van der Waals surface area contributed by atoms with Crippen molar-refractivity contribution >= 4 is 54.4 Å². The fourth-order valence-electron chi connectivity index (χ4n) is 6.13. The van der Waals surface area contributed by atoms with Gasteiger partial charge in [-0.1, -0.05) is 84.9 Å². The normalized spacial score (nSPS) is 11.7. The van der Waals surface area contributed by atoms with Gasteiger partial charge in [0.25, 0.3) is 0 Å². The average molecular weight is 484 g/mol. The zero-order chi connectivity index (χ0) is 25.2. The molecule has 176 valence electrons. The minimum Gasteiger partial charge on any atom is -0.295 e. The Labute approximate surface area is 219 Å². The van der Waals surface area contributed by atoms with Gasteiger partial charge in [0.1, 0.15) is 5.65 Å². The van der Waals surface area contributed by atoms with E-state index in [1.165, 1.54) is 32.4 Å². The highest BCUT2D eigenvalue weighted by atomic mass is 15.1. The second kappa shape index (κ2) is 7.83. The molecule has 3 heteroatoms. The molecule has 0 N–H and O–H groups in total. The Morgan fingerprint density at radius 1 is 0.500 bits per heavy atom. The molecule has 0 aliphatic heterocycles. The van der Waals surface area contributed by atoms with Gasteiger partial charge in [-0.3, -0.25) is 9.13 Å². The van der Waals surface area contributed by atoms with Crippen LogP contribution in [0.3, 0.4) is 0 Å². The highest BCUT2D eigenvalue weighted by Crippen LogP contribution is 2.42. The van der Waals surface area contributed by atoms with Gasteiger partial charge in [0.05, 0.1) is 28.4 Å². The fourth-order valence-corrected chi connectivity index (χ4v) is 6.13. The lowest BCUT2D eigenvalue weighted by Gasteiger charge is -2.16. The van der Waals surface area contributed by atoms with E-state index in [-0.39, 0.29) is 0 Å². The van der Waals surface area contributed by atoms with Gasteiger partial charge >= 0.3 is 0 Å². The van der Waals surface area contributed by atoms with Crippen LogP contribution in [0.5, 0.6) is 0 Å². The van der Waals surface area contributed by atoms with E-state index in [1.807, 2.05) is 12.1 Å². The zero-order valence-electron chi connectivity index (χ0n) is 20.5. The third-order valence-corrected chi connectivity index (χ3v) is 7.70. The highest BCUT2D eigenvalue weighted by Gasteiger charge is 2.23. The number of rotatable bonds is 2. The second-order valence-electron chi connectivity index (χ2n) is 9.73. The van der Waals surface area contributed by atoms with Crippen LogP contribution in [0.2, 0.25) is 0 Å². The number of hydrogen-bond acceptors (Lipinski definition) is 1. The molecule has 0 saturated carbocycles. The molecule has 3 nitrogen and oxygen atoms in total. The Kier molecular flexibility index (Phi) is 4.29. The fraction of sp³-hybridized carbons (Fsp3) is 0. The van der Waals surface area contributed by atoms with Gasteiger partial charge in [0.15, 0.2) is 0 Å². The topological polar surface area (TPSA) is 33.6 Å². The summed E-state index contributed by atoms with van der Waals surface area (Å²) in [7, 11) is 0. The van der Waals surface area contributed by atoms with Crippen molar-refractivity contribution in [1.29, 1.82) is 5.26 Å². The maximum Gasteiger partial charge on any atom is 0.131 e. The maximum absolute atomic E-state index is 9.63. The molecule has 0 spiro atoms. The average Bonchev–Trinajstić information content (AvgIpc) is 3.49. The Morgan fingerprint density at radius 3 is 1.82 bits per heavy atom. The second-order valence-corrected chi connectivity index (χ2v) is 9.73. The molecule has 8 rings (SSSR count). The summed E-state index contributed by atoms with van der Waals surface area (Å²) in [5.41, 5.74) is 6.38. The van der Waals surface area contributed by atoms with Gasteiger partial charge in [-0.05, 0) is 58.6 Å². The van der Waals surface area contributed by atoms with Crippen LogP contribution < -0.4 is 0 Å². The summed E-state index contributed by atoms with van der Waals surface area (Å²) in [4.78, 5) is 0. The van der Waals surface area contributed by atoms with Gasteiger partial charge in [0, 0.05) is 27.2 Å². The first kappa shape index (κ1) is 20.8. The molecule has 6 aromatic carbocycles. The Hall–Kier alpha value is -5.33. The molecule has 0 amide bonds. The van der Waals surface area contributed by atoms with Crippen molar-refractivity contribution in [2.45, 2.75) is 0 Å². The van der Waals surface area contributed by atoms with Crippen LogP contribution >= 0.6 is 0 Å². The first-order valence-corrected chi connectivity index (χ1v) is 12.8. The van der Waals surface area contributed by atoms with E-state index in [9.17, 15) is 5.26 Å². The molecule has 0 radical (unpaired) electrons. The standard InChI is InChI=1S/C35H21N3/c36-22-23-18-19-26-24(20-23)21-33(28-13-5-4-12-27(26)28)38-32-17-9-7-15-30(32)34-29-14-6-8-16-31(29)37(35(34)38)25-10-2-1-3-11-25/h1-21H. The Balaban J connectivity index is 1.65. The van der Waals surface area contributed by atoms with E-state index in [1.54, 1.807) is 0 Å². The van der Waals surface area contributed by atoms with Gasteiger partial charge in [0.2, 0.25) is 0 Å². The maximum atomic E-state index is 9.63. The third kappa shape index (κ3) is 2.77. The van der Waals surface area contributed by atoms with Crippen LogP contribution in [0.25, 0.3) is 65.8 Å².